The van der Waals surface area contributed by atoms with Crippen molar-refractivity contribution in [1.82, 2.24) is 0 Å². The minimum absolute atomic E-state index is 0.161. The molecule has 1 aromatic rings. The smallest absolute Gasteiger partial charge is 0.314 e. The van der Waals surface area contributed by atoms with Crippen molar-refractivity contribution in [3.63, 3.8) is 0 Å². The van der Waals surface area contributed by atoms with Gasteiger partial charge in [0.1, 0.15) is 5.82 Å². The number of carbonyl (C=O) groups excluding carboxylic acids is 1. The summed E-state index contributed by atoms with van der Waals surface area (Å²) in [5, 5.41) is 0. The van der Waals surface area contributed by atoms with Crippen LogP contribution >= 0.6 is 0 Å². The molecule has 0 radical (unpaired) electrons. The average molecular weight is 419 g/mol. The van der Waals surface area contributed by atoms with Crippen LogP contribution in [0, 0.1) is 47.1 Å². The first-order valence-electron chi connectivity index (χ1n) is 12.2. The van der Waals surface area contributed by atoms with Crippen LogP contribution in [0.25, 0.3) is 0 Å². The van der Waals surface area contributed by atoms with Gasteiger partial charge < -0.3 is 4.74 Å². The lowest BCUT2D eigenvalue weighted by atomic mass is 9.60. The lowest BCUT2D eigenvalue weighted by molar-refractivity contribution is -0.140. The number of halogens is 2. The first-order valence-corrected chi connectivity index (χ1v) is 12.2. The highest BCUT2D eigenvalue weighted by molar-refractivity contribution is 5.75. The maximum atomic E-state index is 13.8. The molecule has 0 saturated heterocycles. The largest absolute Gasteiger partial charge is 0.423 e. The fourth-order valence-electron chi connectivity index (χ4n) is 6.70. The van der Waals surface area contributed by atoms with Gasteiger partial charge in [-0.05, 0) is 99.5 Å². The Morgan fingerprint density at radius 1 is 0.900 bits per heavy atom. The van der Waals surface area contributed by atoms with Gasteiger partial charge in [0.2, 0.25) is 0 Å². The van der Waals surface area contributed by atoms with E-state index in [0.29, 0.717) is 0 Å². The molecule has 30 heavy (non-hydrogen) atoms. The van der Waals surface area contributed by atoms with E-state index in [2.05, 4.69) is 6.92 Å². The Morgan fingerprint density at radius 3 is 2.23 bits per heavy atom. The first kappa shape index (κ1) is 21.8. The molecule has 166 valence electrons. The molecular weight excluding hydrogens is 382 g/mol. The van der Waals surface area contributed by atoms with E-state index in [-0.39, 0.29) is 17.6 Å². The fourth-order valence-corrected chi connectivity index (χ4v) is 6.70. The topological polar surface area (TPSA) is 26.3 Å². The summed E-state index contributed by atoms with van der Waals surface area (Å²) in [4.78, 5) is 12.5. The van der Waals surface area contributed by atoms with Crippen molar-refractivity contribution in [3.05, 3.63) is 29.8 Å². The lowest BCUT2D eigenvalue weighted by Crippen LogP contribution is -2.35. The predicted molar refractivity (Wildman–Crippen MR) is 114 cm³/mol. The van der Waals surface area contributed by atoms with Gasteiger partial charge in [0.25, 0.3) is 0 Å². The molecule has 4 atom stereocenters. The molecule has 0 bridgehead atoms. The first-order chi connectivity index (χ1) is 14.5. The quantitative estimate of drug-likeness (QED) is 0.370. The Labute approximate surface area is 179 Å². The number of hydrogen-bond donors (Lipinski definition) is 0. The number of fused-ring (bicyclic) bond motifs is 1. The van der Waals surface area contributed by atoms with Gasteiger partial charge in [-0.25, -0.2) is 8.78 Å². The monoisotopic (exact) mass is 418 g/mol. The summed E-state index contributed by atoms with van der Waals surface area (Å²) in [6.45, 7) is 2.31. The fraction of sp³-hybridized carbons (Fsp3) is 0.731. The SMILES string of the molecule is CCCC1CCC2CC(C3CCC(C(=O)Oc4ccc(F)cc4F)CC3)CCC2C1. The van der Waals surface area contributed by atoms with Gasteiger partial charge in [-0.1, -0.05) is 26.2 Å². The van der Waals surface area contributed by atoms with Crippen LogP contribution in [0.5, 0.6) is 5.75 Å². The standard InChI is InChI=1S/C26H36F2O2/c1-2-3-17-4-5-22-15-21(11-10-20(22)14-17)18-6-8-19(9-7-18)26(29)30-25-13-12-23(27)16-24(25)28/h12-13,16-22H,2-11,14-15H2,1H3. The molecule has 1 aromatic carbocycles. The van der Waals surface area contributed by atoms with Gasteiger partial charge in [0.05, 0.1) is 5.92 Å². The van der Waals surface area contributed by atoms with E-state index in [4.69, 9.17) is 4.74 Å². The van der Waals surface area contributed by atoms with Crippen molar-refractivity contribution in [2.75, 3.05) is 0 Å². The van der Waals surface area contributed by atoms with Crippen LogP contribution in [0.4, 0.5) is 8.78 Å². The van der Waals surface area contributed by atoms with E-state index in [1.807, 2.05) is 0 Å². The van der Waals surface area contributed by atoms with E-state index in [1.165, 1.54) is 57.4 Å². The highest BCUT2D eigenvalue weighted by Crippen LogP contribution is 2.49. The minimum Gasteiger partial charge on any atom is -0.423 e. The molecule has 0 aromatic heterocycles. The Balaban J connectivity index is 1.24. The van der Waals surface area contributed by atoms with Gasteiger partial charge in [0.15, 0.2) is 11.6 Å². The van der Waals surface area contributed by atoms with Crippen molar-refractivity contribution in [2.45, 2.75) is 84.0 Å². The van der Waals surface area contributed by atoms with Crippen LogP contribution in [0.15, 0.2) is 18.2 Å². The zero-order chi connectivity index (χ0) is 21.1. The van der Waals surface area contributed by atoms with Crippen LogP contribution in [0.1, 0.15) is 84.0 Å². The molecule has 4 unspecified atom stereocenters. The molecule has 3 fully saturated rings. The average Bonchev–Trinajstić information content (AvgIpc) is 2.75. The van der Waals surface area contributed by atoms with Crippen molar-refractivity contribution >= 4 is 5.97 Å². The van der Waals surface area contributed by atoms with Crippen LogP contribution in [0.3, 0.4) is 0 Å². The third kappa shape index (κ3) is 5.06. The van der Waals surface area contributed by atoms with Gasteiger partial charge >= 0.3 is 5.97 Å². The maximum absolute atomic E-state index is 13.8. The molecule has 0 N–H and O–H groups in total. The van der Waals surface area contributed by atoms with Crippen molar-refractivity contribution < 1.29 is 18.3 Å². The molecule has 3 aliphatic carbocycles. The summed E-state index contributed by atoms with van der Waals surface area (Å²) in [6, 6.07) is 3.07. The van der Waals surface area contributed by atoms with Crippen molar-refractivity contribution in [1.29, 1.82) is 0 Å². The van der Waals surface area contributed by atoms with E-state index in [1.54, 1.807) is 0 Å². The summed E-state index contributed by atoms with van der Waals surface area (Å²) < 4.78 is 32.0. The van der Waals surface area contributed by atoms with E-state index in [0.717, 1.165) is 67.4 Å². The Hall–Kier alpha value is -1.45. The van der Waals surface area contributed by atoms with Crippen molar-refractivity contribution in [2.24, 2.45) is 35.5 Å². The second-order valence-corrected chi connectivity index (χ2v) is 10.2. The van der Waals surface area contributed by atoms with Gasteiger partial charge in [-0.3, -0.25) is 4.79 Å². The second-order valence-electron chi connectivity index (χ2n) is 10.2. The second kappa shape index (κ2) is 9.78. The number of rotatable bonds is 5. The lowest BCUT2D eigenvalue weighted by Gasteiger charge is -2.45. The molecule has 3 aliphatic rings. The van der Waals surface area contributed by atoms with Crippen LogP contribution < -0.4 is 4.74 Å². The maximum Gasteiger partial charge on any atom is 0.314 e. The van der Waals surface area contributed by atoms with Crippen LogP contribution in [-0.4, -0.2) is 5.97 Å². The summed E-state index contributed by atoms with van der Waals surface area (Å²) in [5.74, 6) is 2.24. The molecule has 0 spiro atoms. The Morgan fingerprint density at radius 2 is 1.53 bits per heavy atom. The molecule has 4 rings (SSSR count). The third-order valence-electron chi connectivity index (χ3n) is 8.34. The summed E-state index contributed by atoms with van der Waals surface area (Å²) in [7, 11) is 0. The molecule has 2 nitrogen and oxygen atoms in total. The molecule has 0 amide bonds. The molecule has 3 saturated carbocycles. The zero-order valence-corrected chi connectivity index (χ0v) is 18.3. The minimum atomic E-state index is -0.817. The zero-order valence-electron chi connectivity index (χ0n) is 18.3. The van der Waals surface area contributed by atoms with E-state index in [9.17, 15) is 13.6 Å². The van der Waals surface area contributed by atoms with E-state index >= 15 is 0 Å². The van der Waals surface area contributed by atoms with Gasteiger partial charge in [-0.2, -0.15) is 0 Å². The summed E-state index contributed by atoms with van der Waals surface area (Å²) in [5.41, 5.74) is 0. The molecule has 0 heterocycles. The number of hydrogen-bond acceptors (Lipinski definition) is 2. The van der Waals surface area contributed by atoms with Gasteiger partial charge in [-0.15, -0.1) is 0 Å². The number of benzene rings is 1. The molecular formula is C26H36F2O2. The highest BCUT2D eigenvalue weighted by Gasteiger charge is 2.39. The summed E-state index contributed by atoms with van der Waals surface area (Å²) >= 11 is 0. The van der Waals surface area contributed by atoms with E-state index < -0.39 is 11.6 Å². The highest BCUT2D eigenvalue weighted by atomic mass is 19.1. The molecule has 4 heteroatoms. The summed E-state index contributed by atoms with van der Waals surface area (Å²) in [6.07, 6.45) is 15.0. The van der Waals surface area contributed by atoms with Crippen LogP contribution in [-0.2, 0) is 4.79 Å². The number of esters is 1. The molecule has 0 aliphatic heterocycles. The number of ether oxygens (including phenoxy) is 1. The Bertz CT molecular complexity index is 726. The van der Waals surface area contributed by atoms with Crippen molar-refractivity contribution in [3.8, 4) is 5.75 Å². The third-order valence-corrected chi connectivity index (χ3v) is 8.34. The normalized spacial score (nSPS) is 34.2. The number of carbonyl (C=O) groups is 1. The van der Waals surface area contributed by atoms with Gasteiger partial charge in [0, 0.05) is 6.07 Å². The Kier molecular flexibility index (Phi) is 7.10. The van der Waals surface area contributed by atoms with Crippen LogP contribution in [0.2, 0.25) is 0 Å². The predicted octanol–water partition coefficient (Wildman–Crippen LogP) is 7.31.